The fraction of sp³-hybridized carbons (Fsp3) is 0.333. The van der Waals surface area contributed by atoms with Crippen LogP contribution < -0.4 is 0 Å². The lowest BCUT2D eigenvalue weighted by Crippen LogP contribution is -2.35. The van der Waals surface area contributed by atoms with Crippen molar-refractivity contribution in [3.63, 3.8) is 0 Å². The average molecular weight is 382 g/mol. The van der Waals surface area contributed by atoms with Gasteiger partial charge in [0.05, 0.1) is 12.0 Å². The van der Waals surface area contributed by atoms with Crippen LogP contribution in [0.2, 0.25) is 0 Å². The van der Waals surface area contributed by atoms with E-state index in [1.807, 2.05) is 48.2 Å². The third kappa shape index (κ3) is 4.28. The first-order valence-electron chi connectivity index (χ1n) is 9.25. The van der Waals surface area contributed by atoms with Gasteiger partial charge in [-0.2, -0.15) is 0 Å². The molecular weight excluding hydrogens is 358 g/mol. The first-order valence-corrected chi connectivity index (χ1v) is 10.1. The molecule has 140 valence electrons. The van der Waals surface area contributed by atoms with Crippen molar-refractivity contribution in [1.82, 2.24) is 14.8 Å². The summed E-state index contributed by atoms with van der Waals surface area (Å²) in [5.41, 5.74) is 2.96. The fourth-order valence-corrected chi connectivity index (χ4v) is 4.19. The first kappa shape index (κ1) is 17.9. The van der Waals surface area contributed by atoms with Gasteiger partial charge in [0.2, 0.25) is 0 Å². The Morgan fingerprint density at radius 2 is 2.11 bits per heavy atom. The number of furan rings is 1. The van der Waals surface area contributed by atoms with Crippen molar-refractivity contribution in [2.24, 2.45) is 0 Å². The minimum absolute atomic E-state index is 0.134. The number of hydrogen-bond acceptors (Lipinski definition) is 5. The van der Waals surface area contributed by atoms with Crippen LogP contribution in [0.4, 0.5) is 0 Å². The zero-order valence-corrected chi connectivity index (χ0v) is 16.2. The second kappa shape index (κ2) is 8.06. The highest BCUT2D eigenvalue weighted by atomic mass is 32.1. The predicted octanol–water partition coefficient (Wildman–Crippen LogP) is 4.06. The lowest BCUT2D eigenvalue weighted by molar-refractivity contribution is 0.0761. The van der Waals surface area contributed by atoms with Gasteiger partial charge in [0.15, 0.2) is 10.8 Å². The van der Waals surface area contributed by atoms with Crippen molar-refractivity contribution < 1.29 is 9.21 Å². The van der Waals surface area contributed by atoms with E-state index in [9.17, 15) is 4.79 Å². The number of aryl methyl sites for hydroxylation is 1. The lowest BCUT2D eigenvalue weighted by atomic mass is 10.1. The molecule has 1 aliphatic rings. The number of rotatable bonds is 4. The van der Waals surface area contributed by atoms with Gasteiger partial charge in [0, 0.05) is 43.7 Å². The smallest absolute Gasteiger partial charge is 0.253 e. The second-order valence-electron chi connectivity index (χ2n) is 6.91. The normalized spacial score (nSPS) is 15.7. The van der Waals surface area contributed by atoms with E-state index in [-0.39, 0.29) is 5.91 Å². The number of carbonyl (C=O) groups is 1. The van der Waals surface area contributed by atoms with E-state index in [0.717, 1.165) is 66.7 Å². The maximum atomic E-state index is 12.8. The van der Waals surface area contributed by atoms with Gasteiger partial charge in [-0.05, 0) is 37.6 Å². The second-order valence-corrected chi connectivity index (χ2v) is 7.77. The molecule has 3 heterocycles. The molecule has 1 fully saturated rings. The zero-order chi connectivity index (χ0) is 18.6. The Bertz CT molecular complexity index is 904. The van der Waals surface area contributed by atoms with Crippen molar-refractivity contribution in [3.05, 3.63) is 64.9 Å². The number of nitrogens with zero attached hydrogens (tertiary/aromatic N) is 3. The highest BCUT2D eigenvalue weighted by molar-refractivity contribution is 7.13. The quantitative estimate of drug-likeness (QED) is 0.684. The Labute approximate surface area is 163 Å². The molecule has 0 N–H and O–H groups in total. The summed E-state index contributed by atoms with van der Waals surface area (Å²) >= 11 is 1.61. The molecule has 0 bridgehead atoms. The standard InChI is InChI=1S/C21H23N3O2S/c1-16-5-2-6-17(13-16)21(25)24-9-4-8-23(10-11-24)14-18-15-27-20(22-18)19-7-3-12-26-19/h2-3,5-7,12-13,15H,4,8-11,14H2,1H3. The van der Waals surface area contributed by atoms with Crippen molar-refractivity contribution in [1.29, 1.82) is 0 Å². The van der Waals surface area contributed by atoms with Crippen LogP contribution in [0.5, 0.6) is 0 Å². The van der Waals surface area contributed by atoms with Crippen LogP contribution in [0.15, 0.2) is 52.5 Å². The first-order chi connectivity index (χ1) is 13.2. The van der Waals surface area contributed by atoms with Gasteiger partial charge in [-0.15, -0.1) is 11.3 Å². The van der Waals surface area contributed by atoms with Crippen LogP contribution in [0.25, 0.3) is 10.8 Å². The molecule has 2 aromatic heterocycles. The summed E-state index contributed by atoms with van der Waals surface area (Å²) in [4.78, 5) is 21.8. The monoisotopic (exact) mass is 381 g/mol. The summed E-state index contributed by atoms with van der Waals surface area (Å²) in [6.07, 6.45) is 2.65. The molecule has 5 nitrogen and oxygen atoms in total. The Kier molecular flexibility index (Phi) is 5.36. The largest absolute Gasteiger partial charge is 0.462 e. The van der Waals surface area contributed by atoms with E-state index in [2.05, 4.69) is 10.3 Å². The van der Waals surface area contributed by atoms with Crippen molar-refractivity contribution in [3.8, 4) is 10.8 Å². The van der Waals surface area contributed by atoms with Gasteiger partial charge in [-0.25, -0.2) is 4.98 Å². The maximum Gasteiger partial charge on any atom is 0.253 e. The van der Waals surface area contributed by atoms with Crippen LogP contribution in [0.3, 0.4) is 0 Å². The van der Waals surface area contributed by atoms with E-state index in [0.29, 0.717) is 0 Å². The van der Waals surface area contributed by atoms with Crippen LogP contribution in [0, 0.1) is 6.92 Å². The number of hydrogen-bond donors (Lipinski definition) is 0. The molecule has 6 heteroatoms. The average Bonchev–Trinajstić information content (AvgIpc) is 3.30. The van der Waals surface area contributed by atoms with Gasteiger partial charge in [-0.3, -0.25) is 9.69 Å². The molecule has 0 atom stereocenters. The topological polar surface area (TPSA) is 49.6 Å². The molecule has 27 heavy (non-hydrogen) atoms. The molecule has 0 aliphatic carbocycles. The third-order valence-electron chi connectivity index (χ3n) is 4.81. The molecule has 0 radical (unpaired) electrons. The summed E-state index contributed by atoms with van der Waals surface area (Å²) in [7, 11) is 0. The van der Waals surface area contributed by atoms with Gasteiger partial charge in [0.25, 0.3) is 5.91 Å². The number of carbonyl (C=O) groups excluding carboxylic acids is 1. The third-order valence-corrected chi connectivity index (χ3v) is 5.72. The van der Waals surface area contributed by atoms with Crippen LogP contribution in [-0.2, 0) is 6.54 Å². The fourth-order valence-electron chi connectivity index (χ4n) is 3.41. The summed E-state index contributed by atoms with van der Waals surface area (Å²) in [5.74, 6) is 0.950. The van der Waals surface area contributed by atoms with Gasteiger partial charge in [-0.1, -0.05) is 17.7 Å². The van der Waals surface area contributed by atoms with E-state index in [4.69, 9.17) is 9.40 Å². The lowest BCUT2D eigenvalue weighted by Gasteiger charge is -2.21. The Morgan fingerprint density at radius 3 is 2.93 bits per heavy atom. The molecule has 3 aromatic rings. The van der Waals surface area contributed by atoms with E-state index in [1.165, 1.54) is 0 Å². The summed E-state index contributed by atoms with van der Waals surface area (Å²) in [6, 6.07) is 11.7. The molecule has 4 rings (SSSR count). The van der Waals surface area contributed by atoms with Crippen LogP contribution in [0.1, 0.15) is 28.0 Å². The molecule has 0 spiro atoms. The summed E-state index contributed by atoms with van der Waals surface area (Å²) < 4.78 is 5.42. The van der Waals surface area contributed by atoms with E-state index >= 15 is 0 Å². The Balaban J connectivity index is 1.37. The van der Waals surface area contributed by atoms with Gasteiger partial charge < -0.3 is 9.32 Å². The summed E-state index contributed by atoms with van der Waals surface area (Å²) in [6.45, 7) is 6.23. The van der Waals surface area contributed by atoms with E-state index < -0.39 is 0 Å². The van der Waals surface area contributed by atoms with Crippen molar-refractivity contribution >= 4 is 17.2 Å². The van der Waals surface area contributed by atoms with Crippen molar-refractivity contribution in [2.75, 3.05) is 26.2 Å². The van der Waals surface area contributed by atoms with Gasteiger partial charge >= 0.3 is 0 Å². The predicted molar refractivity (Wildman–Crippen MR) is 107 cm³/mol. The number of benzene rings is 1. The van der Waals surface area contributed by atoms with Crippen LogP contribution >= 0.6 is 11.3 Å². The Morgan fingerprint density at radius 1 is 1.19 bits per heavy atom. The summed E-state index contributed by atoms with van der Waals surface area (Å²) in [5, 5.41) is 3.01. The number of amides is 1. The van der Waals surface area contributed by atoms with Crippen molar-refractivity contribution in [2.45, 2.75) is 19.9 Å². The molecule has 0 unspecified atom stereocenters. The van der Waals surface area contributed by atoms with Crippen LogP contribution in [-0.4, -0.2) is 46.9 Å². The molecule has 1 amide bonds. The molecule has 1 aliphatic heterocycles. The minimum atomic E-state index is 0.134. The van der Waals surface area contributed by atoms with Gasteiger partial charge in [0.1, 0.15) is 0 Å². The highest BCUT2D eigenvalue weighted by Gasteiger charge is 2.21. The molecular formula is C21H23N3O2S. The number of aromatic nitrogens is 1. The zero-order valence-electron chi connectivity index (χ0n) is 15.4. The minimum Gasteiger partial charge on any atom is -0.462 e. The molecule has 1 saturated heterocycles. The maximum absolute atomic E-state index is 12.8. The number of thiazole rings is 1. The Hall–Kier alpha value is -2.44. The van der Waals surface area contributed by atoms with E-state index in [1.54, 1.807) is 17.6 Å². The molecule has 1 aromatic carbocycles. The highest BCUT2D eigenvalue weighted by Crippen LogP contribution is 2.24. The SMILES string of the molecule is Cc1cccc(C(=O)N2CCCN(Cc3csc(-c4ccco4)n3)CC2)c1. The molecule has 0 saturated carbocycles.